The van der Waals surface area contributed by atoms with Crippen LogP contribution in [-0.2, 0) is 17.8 Å². The normalized spacial score (nSPS) is 11.9. The first kappa shape index (κ1) is 28.0. The number of carbonyl (C=O) groups is 3. The Morgan fingerprint density at radius 1 is 0.775 bits per heavy atom. The Bertz CT molecular complexity index is 1500. The minimum atomic E-state index is -0.995. The Hall–Kier alpha value is -4.97. The molecule has 4 rings (SSSR count). The van der Waals surface area contributed by atoms with Crippen LogP contribution in [0.15, 0.2) is 121 Å². The second-order valence-corrected chi connectivity index (χ2v) is 9.72. The second kappa shape index (κ2) is 13.2. The van der Waals surface area contributed by atoms with E-state index in [2.05, 4.69) is 11.4 Å². The van der Waals surface area contributed by atoms with Gasteiger partial charge in [0.25, 0.3) is 5.91 Å². The Morgan fingerprint density at radius 2 is 1.40 bits per heavy atom. The molecule has 6 heteroatoms. The Kier molecular flexibility index (Phi) is 9.26. The van der Waals surface area contributed by atoms with E-state index in [1.54, 1.807) is 43.1 Å². The minimum absolute atomic E-state index is 0.0357. The lowest BCUT2D eigenvalue weighted by atomic mass is 9.99. The summed E-state index contributed by atoms with van der Waals surface area (Å²) in [5, 5.41) is 12.7. The number of hydrogen-bond donors (Lipinski definition) is 2. The summed E-state index contributed by atoms with van der Waals surface area (Å²) >= 11 is 0. The topological polar surface area (TPSA) is 86.7 Å². The molecule has 0 aliphatic heterocycles. The number of amides is 1. The Labute approximate surface area is 234 Å². The molecule has 0 heterocycles. The van der Waals surface area contributed by atoms with Gasteiger partial charge in [0.2, 0.25) is 0 Å². The van der Waals surface area contributed by atoms with Gasteiger partial charge in [0.05, 0.1) is 0 Å². The molecule has 0 radical (unpaired) electrons. The van der Waals surface area contributed by atoms with Crippen molar-refractivity contribution in [3.63, 3.8) is 0 Å². The predicted molar refractivity (Wildman–Crippen MR) is 157 cm³/mol. The highest BCUT2D eigenvalue weighted by Crippen LogP contribution is 2.22. The number of allylic oxidation sites excluding steroid dienone is 2. The van der Waals surface area contributed by atoms with Crippen molar-refractivity contribution in [3.05, 3.63) is 143 Å². The zero-order valence-electron chi connectivity index (χ0n) is 22.6. The fraction of sp³-hybridized carbons (Fsp3) is 0.147. The van der Waals surface area contributed by atoms with Gasteiger partial charge in [0.15, 0.2) is 5.78 Å². The van der Waals surface area contributed by atoms with Crippen LogP contribution in [0.25, 0.3) is 11.1 Å². The molecule has 4 aromatic carbocycles. The molecule has 1 unspecified atom stereocenters. The van der Waals surface area contributed by atoms with Crippen molar-refractivity contribution in [3.8, 4) is 11.1 Å². The molecule has 0 aromatic heterocycles. The van der Waals surface area contributed by atoms with E-state index in [-0.39, 0.29) is 18.1 Å². The maximum absolute atomic E-state index is 12.7. The third-order valence-corrected chi connectivity index (χ3v) is 6.55. The summed E-state index contributed by atoms with van der Waals surface area (Å²) in [6.45, 7) is 2.17. The third kappa shape index (κ3) is 7.54. The van der Waals surface area contributed by atoms with Crippen molar-refractivity contribution >= 4 is 17.7 Å². The average Bonchev–Trinajstić information content (AvgIpc) is 2.97. The van der Waals surface area contributed by atoms with Gasteiger partial charge in [-0.05, 0) is 47.4 Å². The first-order chi connectivity index (χ1) is 19.3. The molecule has 202 valence electrons. The van der Waals surface area contributed by atoms with Gasteiger partial charge in [-0.2, -0.15) is 0 Å². The van der Waals surface area contributed by atoms with E-state index < -0.39 is 12.0 Å². The molecule has 0 bridgehead atoms. The molecule has 1 amide bonds. The lowest BCUT2D eigenvalue weighted by molar-refractivity contribution is -0.139. The summed E-state index contributed by atoms with van der Waals surface area (Å²) in [5.74, 6) is -1.21. The van der Waals surface area contributed by atoms with Crippen LogP contribution in [0.3, 0.4) is 0 Å². The van der Waals surface area contributed by atoms with Crippen LogP contribution < -0.4 is 5.32 Å². The summed E-state index contributed by atoms with van der Waals surface area (Å²) in [4.78, 5) is 38.8. The highest BCUT2D eigenvalue weighted by molar-refractivity contribution is 6.04. The van der Waals surface area contributed by atoms with Crippen molar-refractivity contribution in [2.24, 2.45) is 0 Å². The van der Waals surface area contributed by atoms with Crippen LogP contribution in [0.2, 0.25) is 0 Å². The number of ketones is 1. The monoisotopic (exact) mass is 532 g/mol. The number of benzene rings is 4. The summed E-state index contributed by atoms with van der Waals surface area (Å²) < 4.78 is 0. The highest BCUT2D eigenvalue weighted by Gasteiger charge is 2.18. The van der Waals surface area contributed by atoms with E-state index in [4.69, 9.17) is 0 Å². The van der Waals surface area contributed by atoms with E-state index >= 15 is 0 Å². The van der Waals surface area contributed by atoms with Crippen LogP contribution >= 0.6 is 0 Å². The number of aliphatic carboxylic acids is 1. The van der Waals surface area contributed by atoms with E-state index in [0.29, 0.717) is 23.4 Å². The zero-order chi connectivity index (χ0) is 28.5. The molecule has 40 heavy (non-hydrogen) atoms. The number of rotatable bonds is 11. The van der Waals surface area contributed by atoms with E-state index in [1.165, 1.54) is 6.08 Å². The first-order valence-corrected chi connectivity index (χ1v) is 13.1. The molecule has 0 aliphatic rings. The quantitative estimate of drug-likeness (QED) is 0.183. The van der Waals surface area contributed by atoms with Crippen molar-refractivity contribution in [1.82, 2.24) is 10.2 Å². The Morgan fingerprint density at radius 3 is 2.02 bits per heavy atom. The van der Waals surface area contributed by atoms with E-state index in [1.807, 2.05) is 78.9 Å². The van der Waals surface area contributed by atoms with Gasteiger partial charge in [0, 0.05) is 42.9 Å². The van der Waals surface area contributed by atoms with Crippen molar-refractivity contribution in [1.29, 1.82) is 0 Å². The van der Waals surface area contributed by atoms with E-state index in [0.717, 1.165) is 22.3 Å². The van der Waals surface area contributed by atoms with Crippen LogP contribution in [0.4, 0.5) is 0 Å². The molecular formula is C34H32N2O4. The number of carbonyl (C=O) groups excluding carboxylic acids is 2. The minimum Gasteiger partial charge on any atom is -0.480 e. The first-order valence-electron chi connectivity index (χ1n) is 13.1. The number of nitrogens with one attached hydrogen (secondary N) is 1. The van der Waals surface area contributed by atoms with Gasteiger partial charge in [0.1, 0.15) is 6.04 Å². The van der Waals surface area contributed by atoms with Crippen molar-refractivity contribution in [2.45, 2.75) is 25.9 Å². The largest absolute Gasteiger partial charge is 0.480 e. The lowest BCUT2D eigenvalue weighted by Gasteiger charge is -2.18. The fourth-order valence-corrected chi connectivity index (χ4v) is 4.46. The van der Waals surface area contributed by atoms with E-state index in [9.17, 15) is 19.5 Å². The number of nitrogens with zero attached hydrogens (tertiary/aromatic N) is 1. The lowest BCUT2D eigenvalue weighted by Crippen LogP contribution is -2.37. The number of carboxylic acids is 1. The maximum Gasteiger partial charge on any atom is 0.326 e. The molecule has 1 atom stereocenters. The number of hydrogen-bond acceptors (Lipinski definition) is 4. The van der Waals surface area contributed by atoms with Gasteiger partial charge in [-0.3, -0.25) is 9.59 Å². The van der Waals surface area contributed by atoms with Gasteiger partial charge in [-0.15, -0.1) is 0 Å². The van der Waals surface area contributed by atoms with Gasteiger partial charge < -0.3 is 15.3 Å². The summed E-state index contributed by atoms with van der Waals surface area (Å²) in [7, 11) is 1.79. The van der Waals surface area contributed by atoms with Gasteiger partial charge in [-0.25, -0.2) is 4.79 Å². The smallest absolute Gasteiger partial charge is 0.326 e. The SMILES string of the molecule is C/C(=C\C(=O)c1ccccc1)NC(Cc1ccc(-c2cccc(CN(C)C(=O)c3ccccc3)c2)cc1)C(=O)O. The molecule has 0 fully saturated rings. The zero-order valence-corrected chi connectivity index (χ0v) is 22.6. The van der Waals surface area contributed by atoms with Crippen molar-refractivity contribution in [2.75, 3.05) is 7.05 Å². The maximum atomic E-state index is 12.7. The molecule has 0 spiro atoms. The van der Waals surface area contributed by atoms with Gasteiger partial charge >= 0.3 is 5.97 Å². The van der Waals surface area contributed by atoms with Gasteiger partial charge in [-0.1, -0.05) is 91.0 Å². The molecule has 4 aromatic rings. The molecule has 2 N–H and O–H groups in total. The Balaban J connectivity index is 1.40. The molecule has 6 nitrogen and oxygen atoms in total. The van der Waals surface area contributed by atoms with Crippen molar-refractivity contribution < 1.29 is 19.5 Å². The van der Waals surface area contributed by atoms with Crippen LogP contribution in [0, 0.1) is 0 Å². The van der Waals surface area contributed by atoms with Crippen LogP contribution in [0.5, 0.6) is 0 Å². The predicted octanol–water partition coefficient (Wildman–Crippen LogP) is 6.00. The molecule has 0 saturated carbocycles. The third-order valence-electron chi connectivity index (χ3n) is 6.55. The highest BCUT2D eigenvalue weighted by atomic mass is 16.4. The summed E-state index contributed by atoms with van der Waals surface area (Å²) in [5.41, 5.74) is 5.56. The summed E-state index contributed by atoms with van der Waals surface area (Å²) in [6, 6.07) is 33.0. The average molecular weight is 533 g/mol. The summed E-state index contributed by atoms with van der Waals surface area (Å²) in [6.07, 6.45) is 1.68. The standard InChI is InChI=1S/C34H32N2O4/c1-24(20-32(37)28-11-5-3-6-12-28)35-31(34(39)40)22-25-16-18-27(19-17-25)30-15-9-10-26(21-30)23-36(2)33(38)29-13-7-4-8-14-29/h3-21,31,35H,22-23H2,1-2H3,(H,39,40)/b24-20+. The fourth-order valence-electron chi connectivity index (χ4n) is 4.46. The molecular weight excluding hydrogens is 500 g/mol. The van der Waals surface area contributed by atoms with Crippen LogP contribution in [-0.4, -0.2) is 40.8 Å². The second-order valence-electron chi connectivity index (χ2n) is 9.72. The molecule has 0 aliphatic carbocycles. The van der Waals surface area contributed by atoms with Crippen LogP contribution in [0.1, 0.15) is 38.8 Å². The number of carboxylic acid groups (broad SMARTS) is 1. The molecule has 0 saturated heterocycles.